The van der Waals surface area contributed by atoms with Crippen molar-refractivity contribution < 1.29 is 13.9 Å². The highest BCUT2D eigenvalue weighted by Crippen LogP contribution is 2.32. The summed E-state index contributed by atoms with van der Waals surface area (Å²) < 4.78 is 20.8. The van der Waals surface area contributed by atoms with Crippen LogP contribution in [0.15, 0.2) is 58.7 Å². The number of carbonyl (C=O) groups excluding carboxylic acids is 1. The Balaban J connectivity index is 1.94. The minimum atomic E-state index is -0.596. The van der Waals surface area contributed by atoms with Crippen molar-refractivity contribution in [1.29, 1.82) is 0 Å². The molecule has 0 fully saturated rings. The van der Waals surface area contributed by atoms with Crippen molar-refractivity contribution in [2.75, 3.05) is 7.05 Å². The Morgan fingerprint density at radius 3 is 2.73 bits per heavy atom. The first-order valence-electron chi connectivity index (χ1n) is 9.19. The normalized spacial score (nSPS) is 11.4. The van der Waals surface area contributed by atoms with Gasteiger partial charge in [-0.05, 0) is 51.1 Å². The maximum absolute atomic E-state index is 13.9. The molecule has 0 aliphatic heterocycles. The molecule has 1 amide bonds. The summed E-state index contributed by atoms with van der Waals surface area (Å²) >= 11 is 7.72. The number of hydrogen-bond donors (Lipinski definition) is 0. The molecule has 0 radical (unpaired) electrons. The number of pyridine rings is 1. The molecular formula is C21H22ClFN4O2S. The molecular weight excluding hydrogens is 427 g/mol. The van der Waals surface area contributed by atoms with Gasteiger partial charge in [0.25, 0.3) is 0 Å². The second kappa shape index (κ2) is 9.06. The molecule has 0 N–H and O–H groups in total. The van der Waals surface area contributed by atoms with Gasteiger partial charge in [0, 0.05) is 30.4 Å². The number of aromatic nitrogens is 3. The van der Waals surface area contributed by atoms with Crippen molar-refractivity contribution in [3.05, 3.63) is 65.3 Å². The van der Waals surface area contributed by atoms with Crippen LogP contribution in [0.1, 0.15) is 26.5 Å². The number of nitrogens with zero attached hydrogens (tertiary/aromatic N) is 4. The first-order chi connectivity index (χ1) is 14.1. The van der Waals surface area contributed by atoms with Gasteiger partial charge in [0.15, 0.2) is 0 Å². The van der Waals surface area contributed by atoms with Crippen molar-refractivity contribution >= 4 is 29.5 Å². The lowest BCUT2D eigenvalue weighted by molar-refractivity contribution is 0.0283. The van der Waals surface area contributed by atoms with Gasteiger partial charge >= 0.3 is 6.09 Å². The van der Waals surface area contributed by atoms with Crippen LogP contribution in [0.5, 0.6) is 0 Å². The highest BCUT2D eigenvalue weighted by atomic mass is 35.5. The lowest BCUT2D eigenvalue weighted by Gasteiger charge is -2.24. The Morgan fingerprint density at radius 1 is 1.30 bits per heavy atom. The molecule has 0 atom stereocenters. The summed E-state index contributed by atoms with van der Waals surface area (Å²) in [5.41, 5.74) is 0.422. The molecule has 0 unspecified atom stereocenters. The van der Waals surface area contributed by atoms with E-state index < -0.39 is 17.5 Å². The number of benzene rings is 1. The molecule has 0 saturated carbocycles. The first-order valence-corrected chi connectivity index (χ1v) is 10.4. The third kappa shape index (κ3) is 5.73. The summed E-state index contributed by atoms with van der Waals surface area (Å²) in [4.78, 5) is 18.7. The maximum atomic E-state index is 13.9. The summed E-state index contributed by atoms with van der Waals surface area (Å²) in [5, 5.41) is 5.64. The molecule has 1 aromatic carbocycles. The highest BCUT2D eigenvalue weighted by molar-refractivity contribution is 7.99. The van der Waals surface area contributed by atoms with Crippen molar-refractivity contribution in [1.82, 2.24) is 19.7 Å². The van der Waals surface area contributed by atoms with Crippen molar-refractivity contribution in [2.24, 2.45) is 0 Å². The summed E-state index contributed by atoms with van der Waals surface area (Å²) in [5.74, 6) is -0.422. The number of ether oxygens (including phenoxy) is 1. The van der Waals surface area contributed by atoms with Crippen LogP contribution in [0.25, 0.3) is 5.69 Å². The largest absolute Gasteiger partial charge is 0.444 e. The zero-order valence-corrected chi connectivity index (χ0v) is 18.7. The Bertz CT molecular complexity index is 1040. The fourth-order valence-electron chi connectivity index (χ4n) is 2.56. The summed E-state index contributed by atoms with van der Waals surface area (Å²) in [6, 6.07) is 9.67. The van der Waals surface area contributed by atoms with E-state index in [4.69, 9.17) is 16.3 Å². The number of carbonyl (C=O) groups is 1. The van der Waals surface area contributed by atoms with E-state index in [1.165, 1.54) is 34.9 Å². The van der Waals surface area contributed by atoms with Crippen molar-refractivity contribution in [2.45, 2.75) is 42.8 Å². The van der Waals surface area contributed by atoms with Crippen LogP contribution in [0.3, 0.4) is 0 Å². The third-order valence-corrected chi connectivity index (χ3v) is 5.12. The van der Waals surface area contributed by atoms with E-state index in [1.807, 2.05) is 39.0 Å². The Kier molecular flexibility index (Phi) is 6.67. The van der Waals surface area contributed by atoms with E-state index >= 15 is 0 Å². The number of hydrogen-bond acceptors (Lipinski definition) is 5. The van der Waals surface area contributed by atoms with Gasteiger partial charge in [-0.3, -0.25) is 4.98 Å². The summed E-state index contributed by atoms with van der Waals surface area (Å²) in [6.07, 6.45) is 2.95. The number of halogens is 2. The van der Waals surface area contributed by atoms with Gasteiger partial charge in [-0.25, -0.2) is 13.9 Å². The lowest BCUT2D eigenvalue weighted by Crippen LogP contribution is -2.33. The second-order valence-corrected chi connectivity index (χ2v) is 9.11. The fourth-order valence-corrected chi connectivity index (χ4v) is 3.68. The zero-order valence-electron chi connectivity index (χ0n) is 17.1. The van der Waals surface area contributed by atoms with Crippen LogP contribution < -0.4 is 0 Å². The van der Waals surface area contributed by atoms with Crippen LogP contribution >= 0.6 is 23.4 Å². The van der Waals surface area contributed by atoms with E-state index in [-0.39, 0.29) is 6.54 Å². The average molecular weight is 449 g/mol. The molecule has 0 spiro atoms. The average Bonchev–Trinajstić information content (AvgIpc) is 3.05. The molecule has 0 saturated heterocycles. The van der Waals surface area contributed by atoms with Crippen LogP contribution in [-0.4, -0.2) is 38.4 Å². The van der Waals surface area contributed by atoms with Gasteiger partial charge in [0.1, 0.15) is 16.4 Å². The third-order valence-electron chi connectivity index (χ3n) is 3.82. The predicted octanol–water partition coefficient (Wildman–Crippen LogP) is 5.58. The van der Waals surface area contributed by atoms with Crippen molar-refractivity contribution in [3.63, 3.8) is 0 Å². The minimum Gasteiger partial charge on any atom is -0.444 e. The molecule has 30 heavy (non-hydrogen) atoms. The predicted molar refractivity (Wildman–Crippen MR) is 115 cm³/mol. The zero-order chi connectivity index (χ0) is 21.9. The quantitative estimate of drug-likeness (QED) is 0.510. The fraction of sp³-hybridized carbons (Fsp3) is 0.286. The molecule has 3 aromatic rings. The lowest BCUT2D eigenvalue weighted by atomic mass is 10.2. The van der Waals surface area contributed by atoms with Gasteiger partial charge in [-0.15, -0.1) is 0 Å². The van der Waals surface area contributed by atoms with Crippen LogP contribution in [0.2, 0.25) is 5.02 Å². The molecule has 0 aliphatic carbocycles. The molecule has 3 rings (SSSR count). The Hall–Kier alpha value is -2.58. The minimum absolute atomic E-state index is 0.218. The maximum Gasteiger partial charge on any atom is 0.410 e. The Labute approximate surface area is 184 Å². The molecule has 0 bridgehead atoms. The van der Waals surface area contributed by atoms with Gasteiger partial charge in [-0.2, -0.15) is 5.10 Å². The first kappa shape index (κ1) is 22.1. The molecule has 6 nitrogen and oxygen atoms in total. The Morgan fingerprint density at radius 2 is 2.07 bits per heavy atom. The number of amides is 1. The SMILES string of the molecule is CN(Cc1cc(Sc2cccnc2)n(-c2cc(F)ccc2Cl)n1)C(=O)OC(C)(C)C. The van der Waals surface area contributed by atoms with E-state index in [0.717, 1.165) is 4.90 Å². The summed E-state index contributed by atoms with van der Waals surface area (Å²) in [6.45, 7) is 5.64. The van der Waals surface area contributed by atoms with E-state index in [1.54, 1.807) is 24.1 Å². The molecule has 0 aliphatic rings. The van der Waals surface area contributed by atoms with E-state index in [2.05, 4.69) is 10.1 Å². The van der Waals surface area contributed by atoms with Crippen LogP contribution in [0, 0.1) is 5.82 Å². The van der Waals surface area contributed by atoms with Gasteiger partial charge in [-0.1, -0.05) is 23.4 Å². The van der Waals surface area contributed by atoms with Crippen LogP contribution in [-0.2, 0) is 11.3 Å². The second-order valence-electron chi connectivity index (χ2n) is 7.61. The van der Waals surface area contributed by atoms with E-state index in [0.29, 0.717) is 21.4 Å². The van der Waals surface area contributed by atoms with E-state index in [9.17, 15) is 9.18 Å². The molecule has 9 heteroatoms. The molecule has 158 valence electrons. The van der Waals surface area contributed by atoms with Gasteiger partial charge in [0.2, 0.25) is 0 Å². The van der Waals surface area contributed by atoms with Crippen LogP contribution in [0.4, 0.5) is 9.18 Å². The topological polar surface area (TPSA) is 60.2 Å². The van der Waals surface area contributed by atoms with Gasteiger partial charge < -0.3 is 9.64 Å². The standard InChI is InChI=1S/C21H22ClFN4O2S/c1-21(2,3)29-20(28)26(4)13-15-11-19(30-16-6-5-9-24-12-16)27(25-15)18-10-14(23)7-8-17(18)22/h5-12H,13H2,1-4H3. The summed E-state index contributed by atoms with van der Waals surface area (Å²) in [7, 11) is 1.64. The molecule has 2 aromatic heterocycles. The van der Waals surface area contributed by atoms with Crippen molar-refractivity contribution in [3.8, 4) is 5.69 Å². The smallest absolute Gasteiger partial charge is 0.410 e. The molecule has 2 heterocycles. The number of rotatable bonds is 5. The van der Waals surface area contributed by atoms with Gasteiger partial charge in [0.05, 0.1) is 22.9 Å². The monoisotopic (exact) mass is 448 g/mol. The highest BCUT2D eigenvalue weighted by Gasteiger charge is 2.21.